The molecule has 116 valence electrons. The summed E-state index contributed by atoms with van der Waals surface area (Å²) in [4.78, 5) is 5.32. The molecule has 0 radical (unpaired) electrons. The van der Waals surface area contributed by atoms with Crippen LogP contribution in [0.5, 0.6) is 0 Å². The molecule has 1 N–H and O–H groups in total. The van der Waals surface area contributed by atoms with Crippen molar-refractivity contribution >= 4 is 5.57 Å². The van der Waals surface area contributed by atoms with Crippen LogP contribution in [0.1, 0.15) is 17.2 Å². The summed E-state index contributed by atoms with van der Waals surface area (Å²) in [7, 11) is 0. The molecule has 1 aromatic heterocycles. The predicted octanol–water partition coefficient (Wildman–Crippen LogP) is 3.55. The Kier molecular flexibility index (Phi) is 4.14. The molecule has 3 rings (SSSR count). The van der Waals surface area contributed by atoms with Crippen molar-refractivity contribution in [2.45, 2.75) is 6.04 Å². The van der Waals surface area contributed by atoms with Gasteiger partial charge in [-0.15, -0.1) is 5.10 Å². The molecule has 0 saturated carbocycles. The van der Waals surface area contributed by atoms with Crippen molar-refractivity contribution in [2.75, 3.05) is 5.43 Å². The zero-order valence-corrected chi connectivity index (χ0v) is 12.2. The van der Waals surface area contributed by atoms with Crippen LogP contribution < -0.4 is 5.43 Å². The van der Waals surface area contributed by atoms with Crippen LogP contribution in [0.25, 0.3) is 5.57 Å². The molecule has 0 bridgehead atoms. The molecule has 0 amide bonds. The molecule has 0 aliphatic heterocycles. The summed E-state index contributed by atoms with van der Waals surface area (Å²) in [5.74, 6) is -0.634. The molecule has 0 fully saturated rings. The first kappa shape index (κ1) is 14.9. The number of benzene rings is 2. The van der Waals surface area contributed by atoms with Crippen molar-refractivity contribution in [3.05, 3.63) is 90.5 Å². The lowest BCUT2D eigenvalue weighted by Crippen LogP contribution is -2.22. The van der Waals surface area contributed by atoms with Crippen molar-refractivity contribution in [3.8, 4) is 0 Å². The Balaban J connectivity index is 1.95. The maximum Gasteiger partial charge on any atom is 0.139 e. The van der Waals surface area contributed by atoms with Gasteiger partial charge in [0.05, 0.1) is 6.04 Å². The molecule has 1 atom stereocenters. The Bertz CT molecular complexity index is 780. The maximum atomic E-state index is 13.2. The Morgan fingerprint density at radius 2 is 1.61 bits per heavy atom. The minimum absolute atomic E-state index is 0.316. The van der Waals surface area contributed by atoms with Gasteiger partial charge >= 0.3 is 0 Å². The third-order valence-electron chi connectivity index (χ3n) is 3.45. The number of nitrogens with one attached hydrogen (secondary N) is 1. The SMILES string of the molecule is C=C(c1ccc(F)cc1)C(Nn1cncn1)c1ccc(F)cc1. The highest BCUT2D eigenvalue weighted by Crippen LogP contribution is 2.29. The standard InChI is InChI=1S/C17H14F2N4/c1-12(13-2-6-15(18)7-3-13)17(22-23-11-20-10-21-23)14-4-8-16(19)9-5-14/h2-11,17,22H,1H2. The lowest BCUT2D eigenvalue weighted by molar-refractivity contribution is 0.625. The van der Waals surface area contributed by atoms with Crippen LogP contribution in [-0.4, -0.2) is 14.9 Å². The first-order chi connectivity index (χ1) is 11.1. The molecule has 0 aliphatic rings. The molecule has 4 nitrogen and oxygen atoms in total. The Morgan fingerprint density at radius 1 is 1.00 bits per heavy atom. The van der Waals surface area contributed by atoms with Gasteiger partial charge < -0.3 is 0 Å². The van der Waals surface area contributed by atoms with Gasteiger partial charge in [-0.05, 0) is 41.0 Å². The Labute approximate surface area is 132 Å². The van der Waals surface area contributed by atoms with Crippen LogP contribution in [-0.2, 0) is 0 Å². The fourth-order valence-corrected chi connectivity index (χ4v) is 2.25. The Hall–Kier alpha value is -3.02. The van der Waals surface area contributed by atoms with Crippen LogP contribution in [0, 0.1) is 11.6 Å². The second kappa shape index (κ2) is 6.39. The molecule has 1 heterocycles. The van der Waals surface area contributed by atoms with E-state index in [1.165, 1.54) is 41.7 Å². The number of hydrogen-bond donors (Lipinski definition) is 1. The van der Waals surface area contributed by atoms with Crippen molar-refractivity contribution in [1.82, 2.24) is 14.9 Å². The lowest BCUT2D eigenvalue weighted by Gasteiger charge is -2.22. The van der Waals surface area contributed by atoms with Crippen molar-refractivity contribution in [1.29, 1.82) is 0 Å². The molecule has 6 heteroatoms. The van der Waals surface area contributed by atoms with E-state index in [1.807, 2.05) is 0 Å². The number of hydrogen-bond acceptors (Lipinski definition) is 3. The first-order valence-corrected chi connectivity index (χ1v) is 6.95. The monoisotopic (exact) mass is 312 g/mol. The van der Waals surface area contributed by atoms with E-state index in [2.05, 4.69) is 22.1 Å². The largest absolute Gasteiger partial charge is 0.297 e. The van der Waals surface area contributed by atoms with Gasteiger partial charge in [-0.3, -0.25) is 5.43 Å². The van der Waals surface area contributed by atoms with E-state index >= 15 is 0 Å². The number of aromatic nitrogens is 3. The van der Waals surface area contributed by atoms with Crippen molar-refractivity contribution < 1.29 is 8.78 Å². The number of rotatable bonds is 5. The van der Waals surface area contributed by atoms with Crippen molar-refractivity contribution in [3.63, 3.8) is 0 Å². The fourth-order valence-electron chi connectivity index (χ4n) is 2.25. The number of halogens is 2. The number of nitrogens with zero attached hydrogens (tertiary/aromatic N) is 3. The highest BCUT2D eigenvalue weighted by atomic mass is 19.1. The third kappa shape index (κ3) is 3.42. The second-order valence-electron chi connectivity index (χ2n) is 4.99. The van der Waals surface area contributed by atoms with Gasteiger partial charge in [0.15, 0.2) is 0 Å². The summed E-state index contributed by atoms with van der Waals surface area (Å²) in [5.41, 5.74) is 5.41. The molecule has 0 aliphatic carbocycles. The summed E-state index contributed by atoms with van der Waals surface area (Å²) < 4.78 is 26.3. The second-order valence-corrected chi connectivity index (χ2v) is 4.99. The molecule has 1 unspecified atom stereocenters. The third-order valence-corrected chi connectivity index (χ3v) is 3.45. The molecule has 0 spiro atoms. The zero-order chi connectivity index (χ0) is 16.2. The predicted molar refractivity (Wildman–Crippen MR) is 84.0 cm³/mol. The molecule has 2 aromatic carbocycles. The average molecular weight is 312 g/mol. The average Bonchev–Trinajstić information content (AvgIpc) is 3.07. The highest BCUT2D eigenvalue weighted by Gasteiger charge is 2.17. The minimum atomic E-state index is -0.372. The summed E-state index contributed by atoms with van der Waals surface area (Å²) in [6.07, 6.45) is 2.91. The van der Waals surface area contributed by atoms with Crippen LogP contribution in [0.15, 0.2) is 67.8 Å². The first-order valence-electron chi connectivity index (χ1n) is 6.95. The minimum Gasteiger partial charge on any atom is -0.297 e. The van der Waals surface area contributed by atoms with Gasteiger partial charge in [0.2, 0.25) is 0 Å². The maximum absolute atomic E-state index is 13.2. The van der Waals surface area contributed by atoms with Gasteiger partial charge in [0.25, 0.3) is 0 Å². The van der Waals surface area contributed by atoms with Crippen LogP contribution in [0.3, 0.4) is 0 Å². The molecular formula is C17H14F2N4. The van der Waals surface area contributed by atoms with E-state index in [9.17, 15) is 8.78 Å². The normalized spacial score (nSPS) is 11.9. The van der Waals surface area contributed by atoms with E-state index in [4.69, 9.17) is 0 Å². The van der Waals surface area contributed by atoms with Crippen LogP contribution in [0.2, 0.25) is 0 Å². The van der Waals surface area contributed by atoms with Crippen LogP contribution >= 0.6 is 0 Å². The van der Waals surface area contributed by atoms with Gasteiger partial charge in [0.1, 0.15) is 24.3 Å². The topological polar surface area (TPSA) is 42.7 Å². The quantitative estimate of drug-likeness (QED) is 0.783. The smallest absolute Gasteiger partial charge is 0.139 e. The van der Waals surface area contributed by atoms with Gasteiger partial charge in [-0.2, -0.15) is 4.79 Å². The Morgan fingerprint density at radius 3 is 2.17 bits per heavy atom. The van der Waals surface area contributed by atoms with Gasteiger partial charge in [-0.25, -0.2) is 13.8 Å². The molecule has 0 saturated heterocycles. The van der Waals surface area contributed by atoms with Gasteiger partial charge in [-0.1, -0.05) is 30.8 Å². The molecular weight excluding hydrogens is 298 g/mol. The zero-order valence-electron chi connectivity index (χ0n) is 12.2. The van der Waals surface area contributed by atoms with E-state index < -0.39 is 0 Å². The molecule has 23 heavy (non-hydrogen) atoms. The van der Waals surface area contributed by atoms with E-state index in [1.54, 1.807) is 24.3 Å². The van der Waals surface area contributed by atoms with E-state index in [0.717, 1.165) is 11.1 Å². The van der Waals surface area contributed by atoms with Crippen LogP contribution in [0.4, 0.5) is 8.78 Å². The highest BCUT2D eigenvalue weighted by molar-refractivity contribution is 5.70. The summed E-state index contributed by atoms with van der Waals surface area (Å²) in [5, 5.41) is 4.01. The van der Waals surface area contributed by atoms with E-state index in [-0.39, 0.29) is 17.7 Å². The van der Waals surface area contributed by atoms with E-state index in [0.29, 0.717) is 5.57 Å². The lowest BCUT2D eigenvalue weighted by atomic mass is 9.94. The van der Waals surface area contributed by atoms with Gasteiger partial charge in [0, 0.05) is 0 Å². The fraction of sp³-hybridized carbons (Fsp3) is 0.0588. The summed E-state index contributed by atoms with van der Waals surface area (Å²) >= 11 is 0. The summed E-state index contributed by atoms with van der Waals surface area (Å²) in [6, 6.07) is 11.8. The summed E-state index contributed by atoms with van der Waals surface area (Å²) in [6.45, 7) is 4.09. The van der Waals surface area contributed by atoms with Crippen molar-refractivity contribution in [2.24, 2.45) is 0 Å². The molecule has 3 aromatic rings.